The summed E-state index contributed by atoms with van der Waals surface area (Å²) >= 11 is 0. The van der Waals surface area contributed by atoms with Crippen molar-refractivity contribution in [1.82, 2.24) is 4.72 Å². The monoisotopic (exact) mass is 299 g/mol. The van der Waals surface area contributed by atoms with E-state index in [0.717, 1.165) is 6.07 Å². The molecular formula is C11H13N3O5S. The Bertz CT molecular complexity index is 669. The van der Waals surface area contributed by atoms with Gasteiger partial charge in [0.25, 0.3) is 15.7 Å². The zero-order valence-electron chi connectivity index (χ0n) is 10.4. The van der Waals surface area contributed by atoms with Gasteiger partial charge in [-0.2, -0.15) is 0 Å². The normalized spacial score (nSPS) is 17.8. The molecular weight excluding hydrogens is 286 g/mol. The molecule has 0 radical (unpaired) electrons. The van der Waals surface area contributed by atoms with Crippen LogP contribution in [0.4, 0.5) is 5.69 Å². The van der Waals surface area contributed by atoms with Crippen LogP contribution in [0.5, 0.6) is 0 Å². The molecule has 2 N–H and O–H groups in total. The number of nitrogens with one attached hydrogen (secondary N) is 1. The molecule has 1 heterocycles. The van der Waals surface area contributed by atoms with Gasteiger partial charge in [0.05, 0.1) is 4.92 Å². The van der Waals surface area contributed by atoms with Crippen LogP contribution in [-0.4, -0.2) is 37.4 Å². The third-order valence-electron chi connectivity index (χ3n) is 2.79. The number of sulfonamides is 1. The van der Waals surface area contributed by atoms with Crippen molar-refractivity contribution in [3.8, 4) is 0 Å². The third-order valence-corrected chi connectivity index (χ3v) is 4.17. The molecule has 1 aromatic carbocycles. The highest BCUT2D eigenvalue weighted by atomic mass is 32.2. The molecule has 0 aliphatic carbocycles. The second-order valence-electron chi connectivity index (χ2n) is 4.20. The van der Waals surface area contributed by atoms with E-state index in [4.69, 9.17) is 5.11 Å². The molecule has 0 saturated carbocycles. The van der Waals surface area contributed by atoms with Gasteiger partial charge in [-0.25, -0.2) is 8.42 Å². The maximum atomic E-state index is 11.9. The van der Waals surface area contributed by atoms with Crippen molar-refractivity contribution < 1.29 is 18.4 Å². The molecule has 1 aliphatic heterocycles. The zero-order chi connectivity index (χ0) is 14.8. The molecule has 20 heavy (non-hydrogen) atoms. The molecule has 0 aromatic heterocycles. The molecule has 0 saturated heterocycles. The van der Waals surface area contributed by atoms with Gasteiger partial charge in [0.2, 0.25) is 0 Å². The quantitative estimate of drug-likeness (QED) is 0.463. The molecule has 9 heteroatoms. The van der Waals surface area contributed by atoms with E-state index in [2.05, 4.69) is 9.71 Å². The summed E-state index contributed by atoms with van der Waals surface area (Å²) in [4.78, 5) is 14.0. The Labute approximate surface area is 115 Å². The minimum Gasteiger partial charge on any atom is -0.396 e. The number of aliphatic hydroxyl groups excluding tert-OH is 1. The number of nitrogens with zero attached hydrogens (tertiary/aromatic N) is 2. The lowest BCUT2D eigenvalue weighted by Gasteiger charge is -1.98. The summed E-state index contributed by atoms with van der Waals surface area (Å²) in [6, 6.07) is 3.63. The maximum absolute atomic E-state index is 11.9. The van der Waals surface area contributed by atoms with Gasteiger partial charge in [0.1, 0.15) is 10.7 Å². The van der Waals surface area contributed by atoms with Crippen LogP contribution in [0.3, 0.4) is 0 Å². The van der Waals surface area contributed by atoms with Crippen LogP contribution in [-0.2, 0) is 10.0 Å². The molecule has 0 fully saturated rings. The number of fused-ring (bicyclic) bond motifs is 1. The van der Waals surface area contributed by atoms with Crippen LogP contribution in [0.1, 0.15) is 18.4 Å². The van der Waals surface area contributed by atoms with Gasteiger partial charge >= 0.3 is 0 Å². The number of rotatable bonds is 5. The fourth-order valence-corrected chi connectivity index (χ4v) is 3.08. The molecule has 8 nitrogen and oxygen atoms in total. The second kappa shape index (κ2) is 5.55. The van der Waals surface area contributed by atoms with Crippen LogP contribution < -0.4 is 4.72 Å². The first-order chi connectivity index (χ1) is 9.45. The summed E-state index contributed by atoms with van der Waals surface area (Å²) in [5.74, 6) is 0.188. The maximum Gasteiger partial charge on any atom is 0.270 e. The average Bonchev–Trinajstić information content (AvgIpc) is 2.66. The molecule has 0 spiro atoms. The second-order valence-corrected chi connectivity index (χ2v) is 5.85. The van der Waals surface area contributed by atoms with Crippen molar-refractivity contribution in [3.05, 3.63) is 33.9 Å². The van der Waals surface area contributed by atoms with E-state index in [1.54, 1.807) is 0 Å². The van der Waals surface area contributed by atoms with Crippen LogP contribution in [0.25, 0.3) is 0 Å². The van der Waals surface area contributed by atoms with Gasteiger partial charge in [-0.15, -0.1) is 0 Å². The summed E-state index contributed by atoms with van der Waals surface area (Å²) in [6.45, 7) is 0.425. The topological polar surface area (TPSA) is 122 Å². The number of aliphatic imine (C=N–C) groups is 1. The third kappa shape index (κ3) is 2.78. The van der Waals surface area contributed by atoms with Gasteiger partial charge in [-0.1, -0.05) is 0 Å². The average molecular weight is 299 g/mol. The summed E-state index contributed by atoms with van der Waals surface area (Å²) in [5, 5.41) is 19.3. The number of amidine groups is 1. The van der Waals surface area contributed by atoms with Crippen LogP contribution in [0.2, 0.25) is 0 Å². The predicted molar refractivity (Wildman–Crippen MR) is 71.1 cm³/mol. The van der Waals surface area contributed by atoms with E-state index in [1.165, 1.54) is 12.1 Å². The SMILES string of the molecule is O=[N+]([O-])c1ccc2c(c1)S(=O)(=O)NC2=NCCCCO. The number of nitro groups is 1. The number of benzene rings is 1. The fourth-order valence-electron chi connectivity index (χ4n) is 1.81. The standard InChI is InChI=1S/C11H13N3O5S/c15-6-2-1-5-12-11-9-4-3-8(14(16)17)7-10(9)20(18,19)13-11/h3-4,7,15H,1-2,5-6H2,(H,12,13). The number of non-ortho nitro benzene ring substituents is 1. The first-order valence-electron chi connectivity index (χ1n) is 5.92. The number of nitro benzene ring substituents is 1. The zero-order valence-corrected chi connectivity index (χ0v) is 11.3. The minimum absolute atomic E-state index is 0.0549. The summed E-state index contributed by atoms with van der Waals surface area (Å²) in [5.41, 5.74) is 0.0512. The van der Waals surface area contributed by atoms with E-state index >= 15 is 0 Å². The van der Waals surface area contributed by atoms with Crippen LogP contribution in [0, 0.1) is 10.1 Å². The van der Waals surface area contributed by atoms with E-state index in [0.29, 0.717) is 24.9 Å². The Morgan fingerprint density at radius 2 is 2.10 bits per heavy atom. The van der Waals surface area contributed by atoms with Crippen molar-refractivity contribution in [2.24, 2.45) is 4.99 Å². The van der Waals surface area contributed by atoms with Crippen LogP contribution >= 0.6 is 0 Å². The highest BCUT2D eigenvalue weighted by Crippen LogP contribution is 2.27. The molecule has 0 bridgehead atoms. The fraction of sp³-hybridized carbons (Fsp3) is 0.364. The molecule has 0 atom stereocenters. The highest BCUT2D eigenvalue weighted by Gasteiger charge is 2.32. The van der Waals surface area contributed by atoms with Crippen molar-refractivity contribution in [2.45, 2.75) is 17.7 Å². The van der Waals surface area contributed by atoms with E-state index in [1.807, 2.05) is 0 Å². The van der Waals surface area contributed by atoms with Gasteiger partial charge in [0, 0.05) is 30.8 Å². The first kappa shape index (κ1) is 14.4. The Kier molecular flexibility index (Phi) is 4.00. The van der Waals surface area contributed by atoms with Crippen LogP contribution in [0.15, 0.2) is 28.1 Å². The highest BCUT2D eigenvalue weighted by molar-refractivity contribution is 7.90. The number of unbranched alkanes of at least 4 members (excludes halogenated alkanes) is 1. The summed E-state index contributed by atoms with van der Waals surface area (Å²) < 4.78 is 26.0. The summed E-state index contributed by atoms with van der Waals surface area (Å²) in [7, 11) is -3.79. The van der Waals surface area contributed by atoms with Gasteiger partial charge in [0.15, 0.2) is 0 Å². The number of aliphatic hydroxyl groups is 1. The number of hydrogen-bond donors (Lipinski definition) is 2. The van der Waals surface area contributed by atoms with Crippen molar-refractivity contribution in [3.63, 3.8) is 0 Å². The summed E-state index contributed by atoms with van der Waals surface area (Å²) in [6.07, 6.45) is 1.21. The van der Waals surface area contributed by atoms with Crippen molar-refractivity contribution in [2.75, 3.05) is 13.2 Å². The first-order valence-corrected chi connectivity index (χ1v) is 7.41. The lowest BCUT2D eigenvalue weighted by atomic mass is 10.2. The van der Waals surface area contributed by atoms with E-state index in [9.17, 15) is 18.5 Å². The molecule has 0 unspecified atom stereocenters. The Morgan fingerprint density at radius 3 is 2.75 bits per heavy atom. The van der Waals surface area contributed by atoms with E-state index in [-0.39, 0.29) is 23.0 Å². The lowest BCUT2D eigenvalue weighted by Crippen LogP contribution is -2.22. The largest absolute Gasteiger partial charge is 0.396 e. The lowest BCUT2D eigenvalue weighted by molar-refractivity contribution is -0.385. The Morgan fingerprint density at radius 1 is 1.35 bits per heavy atom. The minimum atomic E-state index is -3.79. The Hall–Kier alpha value is -2.00. The van der Waals surface area contributed by atoms with Gasteiger partial charge in [-0.3, -0.25) is 19.8 Å². The number of hydrogen-bond acceptors (Lipinski definition) is 6. The molecule has 1 aliphatic rings. The molecule has 1 aromatic rings. The predicted octanol–water partition coefficient (Wildman–Crippen LogP) is 0.406. The van der Waals surface area contributed by atoms with E-state index < -0.39 is 14.9 Å². The van der Waals surface area contributed by atoms with Gasteiger partial charge in [-0.05, 0) is 18.9 Å². The van der Waals surface area contributed by atoms with Gasteiger partial charge < -0.3 is 5.11 Å². The smallest absolute Gasteiger partial charge is 0.270 e. The Balaban J connectivity index is 2.34. The molecule has 0 amide bonds. The molecule has 2 rings (SSSR count). The van der Waals surface area contributed by atoms with Crippen molar-refractivity contribution in [1.29, 1.82) is 0 Å². The van der Waals surface area contributed by atoms with Crippen molar-refractivity contribution >= 4 is 21.5 Å². The molecule has 108 valence electrons.